The number of aliphatic hydroxyl groups excluding tert-OH is 1. The summed E-state index contributed by atoms with van der Waals surface area (Å²) in [6.45, 7) is 0.748. The van der Waals surface area contributed by atoms with Crippen molar-refractivity contribution in [3.05, 3.63) is 18.2 Å². The normalized spacial score (nSPS) is 13.9. The molecule has 0 spiro atoms. The molecule has 1 rings (SSSR count). The Hall–Kier alpha value is -1.36. The molecule has 0 aliphatic heterocycles. The zero-order chi connectivity index (χ0) is 15.6. The Balaban J connectivity index is 2.99. The molecule has 4 N–H and O–H groups in total. The van der Waals surface area contributed by atoms with Crippen molar-refractivity contribution in [2.75, 3.05) is 18.1 Å². The largest absolute Gasteiger partial charge is 0.475 e. The number of nitrogen functional groups attached to an aromatic ring is 1. The molecule has 0 bridgehead atoms. The molecule has 0 aliphatic rings. The number of sulfone groups is 1. The highest BCUT2D eigenvalue weighted by Crippen LogP contribution is 2.25. The van der Waals surface area contributed by atoms with E-state index in [2.05, 4.69) is 0 Å². The minimum Gasteiger partial charge on any atom is -0.475 e. The summed E-state index contributed by atoms with van der Waals surface area (Å²) >= 11 is 0. The molecular weight excluding hydrogens is 310 g/mol. The van der Waals surface area contributed by atoms with Crippen LogP contribution in [0.25, 0.3) is 0 Å². The van der Waals surface area contributed by atoms with Gasteiger partial charge in [0.1, 0.15) is 10.6 Å². The third-order valence-corrected chi connectivity index (χ3v) is 5.23. The number of nitrogens with two attached hydrogens (primary N) is 1. The molecule has 0 aromatic heterocycles. The number of benzene rings is 1. The highest BCUT2D eigenvalue weighted by Gasteiger charge is 2.22. The van der Waals surface area contributed by atoms with E-state index in [0.29, 0.717) is 0 Å². The second-order valence-corrected chi connectivity index (χ2v) is 7.74. The van der Waals surface area contributed by atoms with Gasteiger partial charge >= 0.3 is 0 Å². The average Bonchev–Trinajstić information content (AvgIpc) is 2.26. The number of rotatable bonds is 6. The van der Waals surface area contributed by atoms with E-state index in [1.807, 2.05) is 0 Å². The van der Waals surface area contributed by atoms with E-state index < -0.39 is 42.6 Å². The van der Waals surface area contributed by atoms with Crippen molar-refractivity contribution in [1.29, 1.82) is 0 Å². The third-order valence-electron chi connectivity index (χ3n) is 2.44. The lowest BCUT2D eigenvalue weighted by Crippen LogP contribution is -2.28. The molecule has 1 atom stereocenters. The average molecular weight is 325 g/mol. The Morgan fingerprint density at radius 3 is 2.35 bits per heavy atom. The summed E-state index contributed by atoms with van der Waals surface area (Å²) in [6.07, 6.45) is 0. The van der Waals surface area contributed by atoms with Gasteiger partial charge < -0.3 is 15.6 Å². The monoisotopic (exact) mass is 325 g/mol. The minimum absolute atomic E-state index is 0.0314. The molecule has 10 heteroatoms. The van der Waals surface area contributed by atoms with Crippen molar-refractivity contribution in [3.63, 3.8) is 0 Å². The van der Waals surface area contributed by atoms with E-state index in [-0.39, 0.29) is 11.4 Å². The molecule has 0 saturated heterocycles. The molecule has 0 aliphatic carbocycles. The minimum atomic E-state index is -4.45. The smallest absolute Gasteiger partial charge is 0.296 e. The maximum atomic E-state index is 11.6. The summed E-state index contributed by atoms with van der Waals surface area (Å²) in [4.78, 5) is -0.490. The van der Waals surface area contributed by atoms with Gasteiger partial charge in [0.15, 0.2) is 15.3 Å². The zero-order valence-electron chi connectivity index (χ0n) is 10.6. The quantitative estimate of drug-likeness (QED) is 0.475. The first-order chi connectivity index (χ1) is 9.08. The molecule has 1 unspecified atom stereocenters. The SMILES string of the molecule is CC(Oc1ccc(S(=O)(=O)O)c(N)c1)S(=O)(=O)CCO. The molecule has 114 valence electrons. The van der Waals surface area contributed by atoms with E-state index >= 15 is 0 Å². The standard InChI is InChI=1S/C10H15NO7S2/c1-7(19(13,14)5-4-12)18-8-2-3-10(9(11)6-8)20(15,16)17/h2-3,6-7,12H,4-5,11H2,1H3,(H,15,16,17). The summed E-state index contributed by atoms with van der Waals surface area (Å²) in [5.41, 5.74) is 3.94. The van der Waals surface area contributed by atoms with Gasteiger partial charge in [0.05, 0.1) is 18.0 Å². The highest BCUT2D eigenvalue weighted by molar-refractivity contribution is 7.91. The van der Waals surface area contributed by atoms with E-state index in [9.17, 15) is 16.8 Å². The van der Waals surface area contributed by atoms with E-state index in [1.165, 1.54) is 13.0 Å². The predicted octanol–water partition coefficient (Wildman–Crippen LogP) is -0.353. The van der Waals surface area contributed by atoms with Crippen LogP contribution in [0.1, 0.15) is 6.92 Å². The van der Waals surface area contributed by atoms with Gasteiger partial charge in [0.2, 0.25) is 0 Å². The molecule has 1 aromatic carbocycles. The van der Waals surface area contributed by atoms with Gasteiger partial charge in [-0.15, -0.1) is 0 Å². The van der Waals surface area contributed by atoms with Crippen molar-refractivity contribution < 1.29 is 31.2 Å². The van der Waals surface area contributed by atoms with Crippen molar-refractivity contribution in [1.82, 2.24) is 0 Å². The van der Waals surface area contributed by atoms with Gasteiger partial charge in [-0.2, -0.15) is 8.42 Å². The van der Waals surface area contributed by atoms with Crippen LogP contribution in [0.3, 0.4) is 0 Å². The van der Waals surface area contributed by atoms with Crippen LogP contribution in [0.15, 0.2) is 23.1 Å². The second kappa shape index (κ2) is 5.95. The fraction of sp³-hybridized carbons (Fsp3) is 0.400. The third kappa shape index (κ3) is 4.07. The molecule has 0 saturated carbocycles. The fourth-order valence-corrected chi connectivity index (χ4v) is 2.83. The Morgan fingerprint density at radius 2 is 1.90 bits per heavy atom. The first kappa shape index (κ1) is 16.7. The number of ether oxygens (including phenoxy) is 1. The van der Waals surface area contributed by atoms with Crippen LogP contribution in [-0.2, 0) is 20.0 Å². The number of hydrogen-bond donors (Lipinski definition) is 3. The van der Waals surface area contributed by atoms with Crippen LogP contribution in [0.2, 0.25) is 0 Å². The summed E-state index contributed by atoms with van der Waals surface area (Å²) in [5.74, 6) is -0.420. The zero-order valence-corrected chi connectivity index (χ0v) is 12.2. The Morgan fingerprint density at radius 1 is 1.30 bits per heavy atom. The predicted molar refractivity (Wildman–Crippen MR) is 71.6 cm³/mol. The molecule has 0 amide bonds. The summed E-state index contributed by atoms with van der Waals surface area (Å²) in [6, 6.07) is 3.27. The van der Waals surface area contributed by atoms with Crippen molar-refractivity contribution in [3.8, 4) is 5.75 Å². The molecule has 1 aromatic rings. The Kier molecular flexibility index (Phi) is 4.97. The van der Waals surface area contributed by atoms with Crippen molar-refractivity contribution in [2.24, 2.45) is 0 Å². The number of anilines is 1. The summed E-state index contributed by atoms with van der Waals surface area (Å²) < 4.78 is 59.1. The van der Waals surface area contributed by atoms with Crippen LogP contribution >= 0.6 is 0 Å². The highest BCUT2D eigenvalue weighted by atomic mass is 32.2. The molecule has 0 fully saturated rings. The Labute approximate surface area is 116 Å². The summed E-state index contributed by atoms with van der Waals surface area (Å²) in [7, 11) is -8.09. The van der Waals surface area contributed by atoms with Crippen LogP contribution in [-0.4, -0.2) is 44.3 Å². The maximum absolute atomic E-state index is 11.6. The van der Waals surface area contributed by atoms with Gasteiger partial charge in [0.25, 0.3) is 10.1 Å². The lowest BCUT2D eigenvalue weighted by Gasteiger charge is -2.15. The maximum Gasteiger partial charge on any atom is 0.296 e. The van der Waals surface area contributed by atoms with Crippen LogP contribution < -0.4 is 10.5 Å². The first-order valence-electron chi connectivity index (χ1n) is 5.44. The van der Waals surface area contributed by atoms with Crippen LogP contribution in [0.4, 0.5) is 5.69 Å². The molecule has 0 heterocycles. The Bertz CT molecular complexity index is 682. The molecule has 8 nitrogen and oxygen atoms in total. The number of aliphatic hydroxyl groups is 1. The molecule has 0 radical (unpaired) electrons. The van der Waals surface area contributed by atoms with Gasteiger partial charge in [0, 0.05) is 6.07 Å². The lowest BCUT2D eigenvalue weighted by molar-refractivity contribution is 0.284. The van der Waals surface area contributed by atoms with E-state index in [0.717, 1.165) is 12.1 Å². The lowest BCUT2D eigenvalue weighted by atomic mass is 10.3. The molecule has 20 heavy (non-hydrogen) atoms. The summed E-state index contributed by atoms with van der Waals surface area (Å²) in [5, 5.41) is 8.64. The van der Waals surface area contributed by atoms with Crippen molar-refractivity contribution >= 4 is 25.6 Å². The van der Waals surface area contributed by atoms with Crippen LogP contribution in [0.5, 0.6) is 5.75 Å². The van der Waals surface area contributed by atoms with Crippen molar-refractivity contribution in [2.45, 2.75) is 17.3 Å². The van der Waals surface area contributed by atoms with Gasteiger partial charge in [-0.3, -0.25) is 4.55 Å². The molecular formula is C10H15NO7S2. The second-order valence-electron chi connectivity index (χ2n) is 3.95. The van der Waals surface area contributed by atoms with Gasteiger partial charge in [-0.05, 0) is 19.1 Å². The van der Waals surface area contributed by atoms with E-state index in [1.54, 1.807) is 0 Å². The van der Waals surface area contributed by atoms with Gasteiger partial charge in [-0.25, -0.2) is 8.42 Å². The fourth-order valence-electron chi connectivity index (χ4n) is 1.39. The number of hydrogen-bond acceptors (Lipinski definition) is 7. The van der Waals surface area contributed by atoms with Crippen LogP contribution in [0, 0.1) is 0 Å². The van der Waals surface area contributed by atoms with E-state index in [4.69, 9.17) is 20.1 Å². The van der Waals surface area contributed by atoms with Gasteiger partial charge in [-0.1, -0.05) is 0 Å². The topological polar surface area (TPSA) is 144 Å². The first-order valence-corrected chi connectivity index (χ1v) is 8.59.